The van der Waals surface area contributed by atoms with E-state index in [9.17, 15) is 0 Å². The van der Waals surface area contributed by atoms with Crippen LogP contribution in [-0.4, -0.2) is 56.9 Å². The van der Waals surface area contributed by atoms with Crippen molar-refractivity contribution in [1.82, 2.24) is 35.4 Å². The molecule has 5 aromatic rings. The van der Waals surface area contributed by atoms with E-state index in [1.165, 1.54) is 5.56 Å². The Bertz CT molecular complexity index is 1770. The Morgan fingerprint density at radius 2 is 1.81 bits per heavy atom. The second-order valence-corrected chi connectivity index (χ2v) is 10.5. The maximum atomic E-state index is 4.93. The fourth-order valence-corrected chi connectivity index (χ4v) is 5.48. The Balaban J connectivity index is 1.07. The molecular weight excluding hydrogens is 528 g/mol. The van der Waals surface area contributed by atoms with Gasteiger partial charge in [0.2, 0.25) is 0 Å². The monoisotopic (exact) mass is 560 g/mol. The molecule has 0 bridgehead atoms. The van der Waals surface area contributed by atoms with Crippen molar-refractivity contribution in [3.8, 4) is 0 Å². The Hall–Kier alpha value is -5.00. The first-order chi connectivity index (χ1) is 20.7. The van der Waals surface area contributed by atoms with Crippen LogP contribution in [0.25, 0.3) is 21.9 Å². The molecule has 1 saturated heterocycles. The lowest BCUT2D eigenvalue weighted by Crippen LogP contribution is -2.40. The van der Waals surface area contributed by atoms with Crippen molar-refractivity contribution in [2.24, 2.45) is 5.16 Å². The molecule has 0 radical (unpaired) electrons. The van der Waals surface area contributed by atoms with E-state index in [1.54, 1.807) is 13.4 Å². The molecular formula is C31H32N10O. The van der Waals surface area contributed by atoms with Gasteiger partial charge in [0.1, 0.15) is 19.3 Å². The molecule has 0 amide bonds. The molecule has 2 aromatic heterocycles. The molecule has 42 heavy (non-hydrogen) atoms. The number of oxime groups is 1. The van der Waals surface area contributed by atoms with Crippen molar-refractivity contribution in [3.63, 3.8) is 0 Å². The molecule has 2 aliphatic heterocycles. The normalized spacial score (nSPS) is 15.6. The van der Waals surface area contributed by atoms with E-state index in [1.807, 2.05) is 29.5 Å². The molecule has 0 spiro atoms. The Kier molecular flexibility index (Phi) is 7.08. The number of anilines is 3. The SMILES string of the molecule is CON=C1CCN(CC2=CN(c3ccc4ncnc(Nc5ccc6c(c5)ncn6Cc5ccccc5)c4c3)NN2)CC1. The Morgan fingerprint density at radius 3 is 2.67 bits per heavy atom. The van der Waals surface area contributed by atoms with Gasteiger partial charge < -0.3 is 20.1 Å². The second-order valence-electron chi connectivity index (χ2n) is 10.5. The lowest BCUT2D eigenvalue weighted by Gasteiger charge is -2.27. The third-order valence-corrected chi connectivity index (χ3v) is 7.65. The third-order valence-electron chi connectivity index (χ3n) is 7.65. The van der Waals surface area contributed by atoms with Gasteiger partial charge in [0.15, 0.2) is 0 Å². The van der Waals surface area contributed by atoms with E-state index >= 15 is 0 Å². The maximum absolute atomic E-state index is 4.93. The summed E-state index contributed by atoms with van der Waals surface area (Å²) in [6, 6.07) is 22.8. The first kappa shape index (κ1) is 25.9. The van der Waals surface area contributed by atoms with Crippen LogP contribution < -0.4 is 21.3 Å². The van der Waals surface area contributed by atoms with E-state index in [2.05, 4.69) is 101 Å². The maximum Gasteiger partial charge on any atom is 0.141 e. The summed E-state index contributed by atoms with van der Waals surface area (Å²) in [4.78, 5) is 21.1. The molecule has 0 atom stereocenters. The summed E-state index contributed by atoms with van der Waals surface area (Å²) >= 11 is 0. The van der Waals surface area contributed by atoms with Gasteiger partial charge in [-0.15, -0.1) is 5.53 Å². The minimum absolute atomic E-state index is 0.739. The van der Waals surface area contributed by atoms with Gasteiger partial charge in [-0.25, -0.2) is 15.0 Å². The number of nitrogens with one attached hydrogen (secondary N) is 3. The summed E-state index contributed by atoms with van der Waals surface area (Å²) in [7, 11) is 1.60. The zero-order chi connectivity index (χ0) is 28.3. The first-order valence-corrected chi connectivity index (χ1v) is 14.1. The van der Waals surface area contributed by atoms with Gasteiger partial charge >= 0.3 is 0 Å². The number of hydrazine groups is 2. The van der Waals surface area contributed by atoms with Crippen LogP contribution in [-0.2, 0) is 11.4 Å². The Labute approximate surface area is 243 Å². The van der Waals surface area contributed by atoms with Crippen LogP contribution in [0.2, 0.25) is 0 Å². The highest BCUT2D eigenvalue weighted by atomic mass is 16.6. The fourth-order valence-electron chi connectivity index (χ4n) is 5.48. The first-order valence-electron chi connectivity index (χ1n) is 14.1. The lowest BCUT2D eigenvalue weighted by atomic mass is 10.1. The number of rotatable bonds is 8. The zero-order valence-electron chi connectivity index (χ0n) is 23.4. The molecule has 7 rings (SSSR count). The highest BCUT2D eigenvalue weighted by Crippen LogP contribution is 2.29. The highest BCUT2D eigenvalue weighted by molar-refractivity contribution is 5.94. The number of aromatic nitrogens is 4. The predicted octanol–water partition coefficient (Wildman–Crippen LogP) is 4.54. The van der Waals surface area contributed by atoms with Gasteiger partial charge in [-0.2, -0.15) is 0 Å². The summed E-state index contributed by atoms with van der Waals surface area (Å²) in [5, 5.41) is 10.5. The molecule has 0 saturated carbocycles. The number of hydrogen-bond acceptors (Lipinski definition) is 10. The number of likely N-dealkylation sites (tertiary alicyclic amines) is 1. The summed E-state index contributed by atoms with van der Waals surface area (Å²) in [5.74, 6) is 0.739. The van der Waals surface area contributed by atoms with Gasteiger partial charge in [-0.3, -0.25) is 9.91 Å². The van der Waals surface area contributed by atoms with Crippen LogP contribution in [0.15, 0.2) is 96.4 Å². The second kappa shape index (κ2) is 11.5. The van der Waals surface area contributed by atoms with Crippen LogP contribution in [0.4, 0.5) is 17.2 Å². The number of benzene rings is 3. The molecule has 3 aromatic carbocycles. The number of fused-ring (bicyclic) bond motifs is 2. The van der Waals surface area contributed by atoms with Crippen LogP contribution in [0.1, 0.15) is 18.4 Å². The average molecular weight is 561 g/mol. The van der Waals surface area contributed by atoms with Crippen molar-refractivity contribution >= 4 is 44.8 Å². The van der Waals surface area contributed by atoms with Gasteiger partial charge in [-0.05, 0) is 42.0 Å². The molecule has 4 heterocycles. The van der Waals surface area contributed by atoms with Crippen LogP contribution >= 0.6 is 0 Å². The van der Waals surface area contributed by atoms with Gasteiger partial charge in [-0.1, -0.05) is 35.5 Å². The standard InChI is InChI=1S/C31H32N10O/c1-42-37-23-11-13-39(14-12-23)18-25-19-41(38-36-25)26-8-9-28-27(16-26)31(33-20-32-28)35-24-7-10-30-29(15-24)34-21-40(30)17-22-5-3-2-4-6-22/h2-10,15-16,19-21,36,38H,11-14,17-18H2,1H3,(H,32,33,35). The van der Waals surface area contributed by atoms with Crippen molar-refractivity contribution in [1.29, 1.82) is 0 Å². The minimum atomic E-state index is 0.739. The van der Waals surface area contributed by atoms with E-state index in [4.69, 9.17) is 4.84 Å². The highest BCUT2D eigenvalue weighted by Gasteiger charge is 2.20. The zero-order valence-corrected chi connectivity index (χ0v) is 23.4. The number of piperidine rings is 1. The van der Waals surface area contributed by atoms with Crippen LogP contribution in [0.3, 0.4) is 0 Å². The largest absolute Gasteiger partial charge is 0.399 e. The minimum Gasteiger partial charge on any atom is -0.399 e. The quantitative estimate of drug-likeness (QED) is 0.236. The predicted molar refractivity (Wildman–Crippen MR) is 165 cm³/mol. The lowest BCUT2D eigenvalue weighted by molar-refractivity contribution is 0.206. The van der Waals surface area contributed by atoms with E-state index < -0.39 is 0 Å². The molecule has 11 heteroatoms. The molecule has 0 aliphatic carbocycles. The van der Waals surface area contributed by atoms with Gasteiger partial charge in [0.05, 0.1) is 40.0 Å². The van der Waals surface area contributed by atoms with E-state index in [0.717, 1.165) is 89.6 Å². The topological polar surface area (TPSA) is 108 Å². The van der Waals surface area contributed by atoms with Crippen LogP contribution in [0.5, 0.6) is 0 Å². The van der Waals surface area contributed by atoms with E-state index in [-0.39, 0.29) is 0 Å². The average Bonchev–Trinajstić information content (AvgIpc) is 3.66. The fraction of sp³-hybridized carbons (Fsp3) is 0.226. The molecule has 1 fully saturated rings. The number of nitrogens with zero attached hydrogens (tertiary/aromatic N) is 7. The van der Waals surface area contributed by atoms with Crippen molar-refractivity contribution < 1.29 is 4.84 Å². The Morgan fingerprint density at radius 1 is 0.929 bits per heavy atom. The number of hydrogen-bond donors (Lipinski definition) is 3. The third kappa shape index (κ3) is 5.47. The molecule has 2 aliphatic rings. The summed E-state index contributed by atoms with van der Waals surface area (Å²) in [6.45, 7) is 3.53. The smallest absolute Gasteiger partial charge is 0.141 e. The van der Waals surface area contributed by atoms with E-state index in [0.29, 0.717) is 0 Å². The van der Waals surface area contributed by atoms with Gasteiger partial charge in [0.25, 0.3) is 0 Å². The molecule has 3 N–H and O–H groups in total. The van der Waals surface area contributed by atoms with Crippen LogP contribution in [0, 0.1) is 0 Å². The van der Waals surface area contributed by atoms with Crippen molar-refractivity contribution in [2.75, 3.05) is 37.1 Å². The number of imidazole rings is 1. The molecule has 212 valence electrons. The molecule has 0 unspecified atom stereocenters. The summed E-state index contributed by atoms with van der Waals surface area (Å²) in [6.07, 6.45) is 7.44. The summed E-state index contributed by atoms with van der Waals surface area (Å²) in [5.41, 5.74) is 14.8. The van der Waals surface area contributed by atoms with Gasteiger partial charge in [0, 0.05) is 56.3 Å². The molecule has 11 nitrogen and oxygen atoms in total. The van der Waals surface area contributed by atoms with Crippen molar-refractivity contribution in [2.45, 2.75) is 19.4 Å². The summed E-state index contributed by atoms with van der Waals surface area (Å²) < 4.78 is 2.16. The van der Waals surface area contributed by atoms with Crippen molar-refractivity contribution in [3.05, 3.63) is 96.8 Å².